The van der Waals surface area contributed by atoms with Gasteiger partial charge in [-0.3, -0.25) is 0 Å². The minimum absolute atomic E-state index is 0.238. The van der Waals surface area contributed by atoms with E-state index in [4.69, 9.17) is 5.73 Å². The monoisotopic (exact) mass is 272 g/mol. The van der Waals surface area contributed by atoms with E-state index in [1.165, 1.54) is 62.9 Å². The molecule has 2 aliphatic rings. The molecule has 0 amide bonds. The van der Waals surface area contributed by atoms with Crippen LogP contribution in [0.15, 0.2) is 24.3 Å². The molecule has 1 saturated carbocycles. The van der Waals surface area contributed by atoms with Crippen LogP contribution in [0.2, 0.25) is 0 Å². The summed E-state index contributed by atoms with van der Waals surface area (Å²) in [6.45, 7) is 4.56. The molecule has 1 spiro atoms. The van der Waals surface area contributed by atoms with Gasteiger partial charge in [0.2, 0.25) is 0 Å². The highest BCUT2D eigenvalue weighted by Crippen LogP contribution is 2.46. The molecule has 0 aromatic heterocycles. The fourth-order valence-electron chi connectivity index (χ4n) is 4.19. The number of nitrogens with zero attached hydrogens (tertiary/aromatic N) is 1. The van der Waals surface area contributed by atoms with Gasteiger partial charge >= 0.3 is 0 Å². The van der Waals surface area contributed by atoms with Crippen molar-refractivity contribution in [1.82, 2.24) is 0 Å². The first kappa shape index (κ1) is 13.9. The van der Waals surface area contributed by atoms with E-state index in [-0.39, 0.29) is 6.04 Å². The summed E-state index contributed by atoms with van der Waals surface area (Å²) < 4.78 is 0. The quantitative estimate of drug-likeness (QED) is 0.908. The molecule has 1 unspecified atom stereocenters. The van der Waals surface area contributed by atoms with Crippen molar-refractivity contribution in [2.75, 3.05) is 18.0 Å². The first-order valence-corrected chi connectivity index (χ1v) is 8.27. The Bertz CT molecular complexity index is 436. The smallest absolute Gasteiger partial charge is 0.0399 e. The van der Waals surface area contributed by atoms with Crippen LogP contribution in [0.1, 0.15) is 51.0 Å². The summed E-state index contributed by atoms with van der Waals surface area (Å²) in [6.07, 6.45) is 9.63. The number of anilines is 1. The van der Waals surface area contributed by atoms with E-state index in [1.54, 1.807) is 0 Å². The Morgan fingerprint density at radius 3 is 2.40 bits per heavy atom. The highest BCUT2D eigenvalue weighted by molar-refractivity contribution is 5.54. The van der Waals surface area contributed by atoms with Gasteiger partial charge in [0.1, 0.15) is 0 Å². The van der Waals surface area contributed by atoms with Gasteiger partial charge in [0, 0.05) is 24.8 Å². The van der Waals surface area contributed by atoms with Crippen molar-refractivity contribution in [2.45, 2.75) is 57.9 Å². The molecule has 20 heavy (non-hydrogen) atoms. The highest BCUT2D eigenvalue weighted by Gasteiger charge is 2.37. The minimum atomic E-state index is 0.238. The number of nitrogens with two attached hydrogens (primary N) is 1. The third-order valence-corrected chi connectivity index (χ3v) is 5.36. The van der Waals surface area contributed by atoms with Crippen LogP contribution in [-0.4, -0.2) is 19.1 Å². The number of hydrogen-bond acceptors (Lipinski definition) is 2. The van der Waals surface area contributed by atoms with Gasteiger partial charge in [-0.15, -0.1) is 0 Å². The molecule has 0 radical (unpaired) electrons. The second-order valence-corrected chi connectivity index (χ2v) is 7.00. The van der Waals surface area contributed by atoms with Gasteiger partial charge in [0.25, 0.3) is 0 Å². The Balaban J connectivity index is 1.71. The molecule has 2 nitrogen and oxygen atoms in total. The van der Waals surface area contributed by atoms with Crippen molar-refractivity contribution < 1.29 is 0 Å². The predicted octanol–water partition coefficient (Wildman–Crippen LogP) is 3.74. The van der Waals surface area contributed by atoms with Crippen LogP contribution in [0.5, 0.6) is 0 Å². The summed E-state index contributed by atoms with van der Waals surface area (Å²) in [6, 6.07) is 9.08. The van der Waals surface area contributed by atoms with E-state index in [0.717, 1.165) is 6.42 Å². The third kappa shape index (κ3) is 2.85. The van der Waals surface area contributed by atoms with Gasteiger partial charge in [-0.25, -0.2) is 0 Å². The summed E-state index contributed by atoms with van der Waals surface area (Å²) in [4.78, 5) is 2.60. The molecule has 1 heterocycles. The fraction of sp³-hybridized carbons (Fsp3) is 0.667. The Morgan fingerprint density at radius 1 is 1.10 bits per heavy atom. The molecule has 3 rings (SSSR count). The van der Waals surface area contributed by atoms with Crippen molar-refractivity contribution in [1.29, 1.82) is 0 Å². The van der Waals surface area contributed by atoms with Gasteiger partial charge < -0.3 is 10.6 Å². The lowest BCUT2D eigenvalue weighted by atomic mass is 9.77. The van der Waals surface area contributed by atoms with Crippen molar-refractivity contribution in [3.05, 3.63) is 29.8 Å². The summed E-state index contributed by atoms with van der Waals surface area (Å²) in [5, 5.41) is 0. The van der Waals surface area contributed by atoms with Gasteiger partial charge in [-0.2, -0.15) is 0 Å². The summed E-state index contributed by atoms with van der Waals surface area (Å²) in [7, 11) is 0. The zero-order valence-corrected chi connectivity index (χ0v) is 12.8. The fourth-order valence-corrected chi connectivity index (χ4v) is 4.19. The maximum Gasteiger partial charge on any atom is 0.0399 e. The van der Waals surface area contributed by atoms with E-state index < -0.39 is 0 Å². The third-order valence-electron chi connectivity index (χ3n) is 5.36. The molecule has 0 bridgehead atoms. The van der Waals surface area contributed by atoms with Crippen LogP contribution in [0.25, 0.3) is 0 Å². The van der Waals surface area contributed by atoms with Crippen molar-refractivity contribution >= 4 is 5.69 Å². The number of benzene rings is 1. The molecule has 1 saturated heterocycles. The maximum absolute atomic E-state index is 6.00. The summed E-state index contributed by atoms with van der Waals surface area (Å²) in [5.74, 6) is 0. The Morgan fingerprint density at radius 2 is 1.75 bits per heavy atom. The summed E-state index contributed by atoms with van der Waals surface area (Å²) >= 11 is 0. The first-order chi connectivity index (χ1) is 9.69. The second-order valence-electron chi connectivity index (χ2n) is 7.00. The molecule has 2 N–H and O–H groups in total. The zero-order chi connectivity index (χ0) is 14.0. The molecular formula is C18H28N2. The average Bonchev–Trinajstić information content (AvgIpc) is 2.88. The molecular weight excluding hydrogens is 244 g/mol. The second kappa shape index (κ2) is 5.77. The Labute approximate surface area is 123 Å². The normalized spacial score (nSPS) is 23.2. The molecule has 1 aliphatic carbocycles. The number of hydrogen-bond donors (Lipinski definition) is 1. The highest BCUT2D eigenvalue weighted by atomic mass is 15.1. The van der Waals surface area contributed by atoms with E-state index in [9.17, 15) is 0 Å². The van der Waals surface area contributed by atoms with Gasteiger partial charge in [-0.1, -0.05) is 31.0 Å². The zero-order valence-electron chi connectivity index (χ0n) is 12.8. The first-order valence-electron chi connectivity index (χ1n) is 8.27. The topological polar surface area (TPSA) is 29.3 Å². The lowest BCUT2D eigenvalue weighted by Crippen LogP contribution is -2.39. The van der Waals surface area contributed by atoms with Gasteiger partial charge in [-0.05, 0) is 56.1 Å². The van der Waals surface area contributed by atoms with Crippen molar-refractivity contribution in [3.8, 4) is 0 Å². The summed E-state index contributed by atoms with van der Waals surface area (Å²) in [5.41, 5.74) is 9.55. The molecule has 2 heteroatoms. The lowest BCUT2D eigenvalue weighted by molar-refractivity contribution is 0.226. The van der Waals surface area contributed by atoms with Crippen molar-refractivity contribution in [2.24, 2.45) is 11.1 Å². The molecule has 1 aromatic rings. The lowest BCUT2D eigenvalue weighted by Gasteiger charge is -2.41. The van der Waals surface area contributed by atoms with E-state index in [1.807, 2.05) is 0 Å². The Kier molecular flexibility index (Phi) is 4.02. The molecule has 1 aliphatic heterocycles. The van der Waals surface area contributed by atoms with Crippen LogP contribution >= 0.6 is 0 Å². The number of rotatable bonds is 3. The predicted molar refractivity (Wildman–Crippen MR) is 86.1 cm³/mol. The largest absolute Gasteiger partial charge is 0.371 e. The molecule has 1 atom stereocenters. The van der Waals surface area contributed by atoms with Crippen LogP contribution in [0.4, 0.5) is 5.69 Å². The van der Waals surface area contributed by atoms with Gasteiger partial charge in [0.05, 0.1) is 0 Å². The molecule has 110 valence electrons. The van der Waals surface area contributed by atoms with E-state index in [0.29, 0.717) is 5.41 Å². The van der Waals surface area contributed by atoms with E-state index >= 15 is 0 Å². The van der Waals surface area contributed by atoms with Crippen molar-refractivity contribution in [3.63, 3.8) is 0 Å². The van der Waals surface area contributed by atoms with Crippen LogP contribution in [-0.2, 0) is 6.42 Å². The molecule has 2 fully saturated rings. The standard InChI is InChI=1S/C18H28N2/c1-15(19)14-16-6-2-3-7-17(16)20-12-10-18(11-13-20)8-4-5-9-18/h2-3,6-7,15H,4-5,8-14,19H2,1H3. The van der Waals surface area contributed by atoms with Crippen LogP contribution < -0.4 is 10.6 Å². The average molecular weight is 272 g/mol. The van der Waals surface area contributed by atoms with E-state index in [2.05, 4.69) is 36.1 Å². The minimum Gasteiger partial charge on any atom is -0.371 e. The van der Waals surface area contributed by atoms with Crippen LogP contribution in [0, 0.1) is 5.41 Å². The maximum atomic E-state index is 6.00. The van der Waals surface area contributed by atoms with Gasteiger partial charge in [0.15, 0.2) is 0 Å². The number of para-hydroxylation sites is 1. The Hall–Kier alpha value is -1.02. The number of piperidine rings is 1. The van der Waals surface area contributed by atoms with Crippen LogP contribution in [0.3, 0.4) is 0 Å². The molecule has 1 aromatic carbocycles. The SMILES string of the molecule is CC(N)Cc1ccccc1N1CCC2(CCCC2)CC1.